The van der Waals surface area contributed by atoms with Crippen LogP contribution in [0.4, 0.5) is 4.79 Å². The Kier molecular flexibility index (Phi) is 11.7. The Morgan fingerprint density at radius 2 is 1.29 bits per heavy atom. The maximum Gasteiger partial charge on any atom is 0.410 e. The summed E-state index contributed by atoms with van der Waals surface area (Å²) in [6.45, 7) is 9.15. The van der Waals surface area contributed by atoms with E-state index in [0.29, 0.717) is 37.4 Å². The first-order valence-electron chi connectivity index (χ1n) is 7.70. The zero-order chi connectivity index (χ0) is 18.6. The molecule has 9 heteroatoms. The van der Waals surface area contributed by atoms with Crippen molar-refractivity contribution >= 4 is 42.1 Å². The third kappa shape index (κ3) is 14.5. The Bertz CT molecular complexity index is 387. The number of amides is 1. The Hall–Kier alpha value is -1.09. The van der Waals surface area contributed by atoms with Gasteiger partial charge in [0.1, 0.15) is 5.60 Å². The van der Waals surface area contributed by atoms with Gasteiger partial charge in [-0.1, -0.05) is 0 Å². The third-order valence-corrected chi connectivity index (χ3v) is 3.93. The molecule has 1 amide bonds. The summed E-state index contributed by atoms with van der Waals surface area (Å²) in [5.41, 5.74) is -0.561. The van der Waals surface area contributed by atoms with Gasteiger partial charge in [-0.25, -0.2) is 4.79 Å². The second-order valence-electron chi connectivity index (χ2n) is 5.97. The summed E-state index contributed by atoms with van der Waals surface area (Å²) in [7, 11) is 0. The van der Waals surface area contributed by atoms with Crippen LogP contribution >= 0.6 is 24.1 Å². The molecule has 0 unspecified atom stereocenters. The van der Waals surface area contributed by atoms with Crippen LogP contribution in [0.1, 0.15) is 47.5 Å². The molecule has 0 aromatic rings. The van der Waals surface area contributed by atoms with Crippen LogP contribution in [0.15, 0.2) is 0 Å². The van der Waals surface area contributed by atoms with Gasteiger partial charge in [-0.05, 0) is 33.6 Å². The number of hydrogen-bond acceptors (Lipinski definition) is 8. The summed E-state index contributed by atoms with van der Waals surface area (Å²) in [4.78, 5) is 35.2. The summed E-state index contributed by atoms with van der Waals surface area (Å²) in [6, 6.07) is 0. The van der Waals surface area contributed by atoms with Crippen LogP contribution in [-0.2, 0) is 22.7 Å². The fraction of sp³-hybridized carbons (Fsp3) is 0.800. The molecular formula is C15H27NO6S2. The van der Waals surface area contributed by atoms with E-state index in [2.05, 4.69) is 0 Å². The van der Waals surface area contributed by atoms with E-state index in [0.717, 1.165) is 24.1 Å². The Balaban J connectivity index is 4.25. The number of ether oxygens (including phenoxy) is 1. The van der Waals surface area contributed by atoms with E-state index in [1.54, 1.807) is 4.90 Å². The first-order valence-corrected chi connectivity index (χ1v) is 9.52. The van der Waals surface area contributed by atoms with Crippen molar-refractivity contribution in [2.24, 2.45) is 0 Å². The maximum atomic E-state index is 12.2. The highest BCUT2D eigenvalue weighted by Gasteiger charge is 2.21. The second kappa shape index (κ2) is 12.3. The first kappa shape index (κ1) is 22.9. The first-order chi connectivity index (χ1) is 11.1. The Morgan fingerprint density at radius 3 is 1.62 bits per heavy atom. The molecule has 0 N–H and O–H groups in total. The lowest BCUT2D eigenvalue weighted by molar-refractivity contribution is -0.131. The molecule has 0 radical (unpaired) electrons. The van der Waals surface area contributed by atoms with Crippen molar-refractivity contribution in [3.05, 3.63) is 0 Å². The van der Waals surface area contributed by atoms with Gasteiger partial charge in [-0.15, -0.1) is 0 Å². The fourth-order valence-electron chi connectivity index (χ4n) is 1.50. The third-order valence-electron chi connectivity index (χ3n) is 2.32. The van der Waals surface area contributed by atoms with Gasteiger partial charge >= 0.3 is 18.0 Å². The van der Waals surface area contributed by atoms with E-state index in [-0.39, 0.29) is 18.0 Å². The molecule has 0 atom stereocenters. The number of carbonyl (C=O) groups is 3. The molecule has 0 saturated carbocycles. The highest BCUT2D eigenvalue weighted by molar-refractivity contribution is 7.95. The van der Waals surface area contributed by atoms with Gasteiger partial charge in [0, 0.05) is 38.4 Å². The minimum atomic E-state index is -0.561. The molecule has 0 aliphatic carbocycles. The van der Waals surface area contributed by atoms with Crippen molar-refractivity contribution in [2.75, 3.05) is 24.6 Å². The lowest BCUT2D eigenvalue weighted by atomic mass is 10.2. The number of carbonyl (C=O) groups excluding carboxylic acids is 3. The van der Waals surface area contributed by atoms with E-state index in [4.69, 9.17) is 13.1 Å². The SMILES string of the molecule is CC(=O)OSCCCN(CCCSOC(C)=O)C(=O)OC(C)(C)C. The van der Waals surface area contributed by atoms with Gasteiger partial charge in [-0.2, -0.15) is 0 Å². The average molecular weight is 382 g/mol. The number of nitrogens with zero attached hydrogens (tertiary/aromatic N) is 1. The molecule has 140 valence electrons. The smallest absolute Gasteiger partial charge is 0.410 e. The molecule has 0 heterocycles. The zero-order valence-electron chi connectivity index (χ0n) is 15.0. The van der Waals surface area contributed by atoms with Gasteiger partial charge in [0.05, 0.1) is 24.1 Å². The molecule has 0 aromatic heterocycles. The number of hydrogen-bond donors (Lipinski definition) is 0. The van der Waals surface area contributed by atoms with Crippen LogP contribution in [0.5, 0.6) is 0 Å². The Morgan fingerprint density at radius 1 is 0.875 bits per heavy atom. The van der Waals surface area contributed by atoms with Crippen molar-refractivity contribution in [2.45, 2.75) is 53.1 Å². The Labute approximate surface area is 152 Å². The van der Waals surface area contributed by atoms with Crippen LogP contribution in [0.2, 0.25) is 0 Å². The van der Waals surface area contributed by atoms with Crippen molar-refractivity contribution in [1.29, 1.82) is 0 Å². The lowest BCUT2D eigenvalue weighted by Crippen LogP contribution is -2.38. The van der Waals surface area contributed by atoms with E-state index in [1.165, 1.54) is 13.8 Å². The molecule has 0 fully saturated rings. The lowest BCUT2D eigenvalue weighted by Gasteiger charge is -2.27. The summed E-state index contributed by atoms with van der Waals surface area (Å²) < 4.78 is 15.0. The normalized spacial score (nSPS) is 10.9. The summed E-state index contributed by atoms with van der Waals surface area (Å²) >= 11 is 2.15. The molecule has 0 saturated heterocycles. The van der Waals surface area contributed by atoms with Crippen molar-refractivity contribution in [1.82, 2.24) is 4.90 Å². The second-order valence-corrected chi connectivity index (χ2v) is 7.59. The molecule has 0 aromatic carbocycles. The highest BCUT2D eigenvalue weighted by atomic mass is 32.2. The molecular weight excluding hydrogens is 354 g/mol. The van der Waals surface area contributed by atoms with E-state index in [1.807, 2.05) is 20.8 Å². The van der Waals surface area contributed by atoms with Crippen molar-refractivity contribution in [3.63, 3.8) is 0 Å². The standard InChI is InChI=1S/C15H27NO6S2/c1-12(17)21-23-10-6-8-16(14(19)20-15(3,4)5)9-7-11-24-22-13(2)18/h6-11H2,1-5H3. The van der Waals surface area contributed by atoms with Gasteiger partial charge in [0.2, 0.25) is 0 Å². The fourth-order valence-corrected chi connectivity index (χ4v) is 2.49. The van der Waals surface area contributed by atoms with Gasteiger partial charge < -0.3 is 18.0 Å². The van der Waals surface area contributed by atoms with Gasteiger partial charge in [-0.3, -0.25) is 9.59 Å². The van der Waals surface area contributed by atoms with E-state index in [9.17, 15) is 14.4 Å². The van der Waals surface area contributed by atoms with Crippen LogP contribution in [0.25, 0.3) is 0 Å². The molecule has 0 bridgehead atoms. The topological polar surface area (TPSA) is 82.1 Å². The summed E-state index contributed by atoms with van der Waals surface area (Å²) in [5, 5.41) is 0. The van der Waals surface area contributed by atoms with Crippen molar-refractivity contribution < 1.29 is 27.5 Å². The summed E-state index contributed by atoms with van der Waals surface area (Å²) in [6.07, 6.45) is 0.972. The minimum Gasteiger partial charge on any atom is -0.444 e. The average Bonchev–Trinajstić information content (AvgIpc) is 2.41. The van der Waals surface area contributed by atoms with Crippen LogP contribution < -0.4 is 0 Å². The van der Waals surface area contributed by atoms with E-state index >= 15 is 0 Å². The molecule has 7 nitrogen and oxygen atoms in total. The predicted octanol–water partition coefficient (Wildman–Crippen LogP) is 3.43. The molecule has 24 heavy (non-hydrogen) atoms. The number of rotatable bonds is 10. The van der Waals surface area contributed by atoms with Crippen molar-refractivity contribution in [3.8, 4) is 0 Å². The predicted molar refractivity (Wildman–Crippen MR) is 95.5 cm³/mol. The van der Waals surface area contributed by atoms with Crippen LogP contribution in [0, 0.1) is 0 Å². The van der Waals surface area contributed by atoms with Gasteiger partial charge in [0.25, 0.3) is 0 Å². The minimum absolute atomic E-state index is 0.341. The van der Waals surface area contributed by atoms with Crippen LogP contribution in [-0.4, -0.2) is 53.1 Å². The molecule has 0 rings (SSSR count). The van der Waals surface area contributed by atoms with Gasteiger partial charge in [0.15, 0.2) is 0 Å². The molecule has 0 aliphatic rings. The van der Waals surface area contributed by atoms with E-state index < -0.39 is 5.60 Å². The zero-order valence-corrected chi connectivity index (χ0v) is 16.6. The monoisotopic (exact) mass is 381 g/mol. The summed E-state index contributed by atoms with van der Waals surface area (Å²) in [5.74, 6) is 0.514. The maximum absolute atomic E-state index is 12.2. The molecule has 0 spiro atoms. The largest absolute Gasteiger partial charge is 0.444 e. The quantitative estimate of drug-likeness (QED) is 0.420. The van der Waals surface area contributed by atoms with Crippen LogP contribution in [0.3, 0.4) is 0 Å². The molecule has 0 aliphatic heterocycles. The highest BCUT2D eigenvalue weighted by Crippen LogP contribution is 2.13.